The molecule has 1 aromatic heterocycles. The van der Waals surface area contributed by atoms with Gasteiger partial charge in [-0.3, -0.25) is 9.59 Å². The fraction of sp³-hybridized carbons (Fsp3) is 0.545. The number of nitrogens with zero attached hydrogens (tertiary/aromatic N) is 2. The Hall–Kier alpha value is -2.58. The highest BCUT2D eigenvalue weighted by Crippen LogP contribution is 2.49. The maximum Gasteiger partial charge on any atom is 0.249 e. The minimum Gasteiger partial charge on any atom is -0.497 e. The molecule has 8 heteroatoms. The lowest BCUT2D eigenvalue weighted by atomic mass is 9.68. The van der Waals surface area contributed by atoms with E-state index in [-0.39, 0.29) is 30.4 Å². The fourth-order valence-electron chi connectivity index (χ4n) is 5.13. The number of piperidine rings is 1. The number of carbonyl (C=O) groups excluding carboxylic acids is 2. The largest absolute Gasteiger partial charge is 0.497 e. The van der Waals surface area contributed by atoms with Crippen molar-refractivity contribution >= 4 is 22.7 Å². The molecule has 3 heterocycles. The summed E-state index contributed by atoms with van der Waals surface area (Å²) in [6, 6.07) is 5.47. The minimum atomic E-state index is -0.461. The number of aliphatic hydroxyl groups is 1. The van der Waals surface area contributed by atoms with Gasteiger partial charge in [-0.15, -0.1) is 0 Å². The second kappa shape index (κ2) is 7.92. The van der Waals surface area contributed by atoms with E-state index in [1.165, 1.54) is 7.11 Å². The second-order valence-corrected chi connectivity index (χ2v) is 8.26. The van der Waals surface area contributed by atoms with Gasteiger partial charge >= 0.3 is 0 Å². The third-order valence-corrected chi connectivity index (χ3v) is 6.67. The molecule has 1 saturated heterocycles. The number of likely N-dealkylation sites (tertiary alicyclic amines) is 1. The highest BCUT2D eigenvalue weighted by molar-refractivity contribution is 5.89. The standard InChI is InChI=1S/C22H29N3O5/c1-14(27)24-8-6-22(7-9-24)13-25(19(28)12-29-2)18(11-26)21-20(22)16-5-4-15(30-3)10-17(16)23-21/h4-5,10,18,23,26H,6-9,11-13H2,1-3H3/t18-/m1/s1. The zero-order valence-electron chi connectivity index (χ0n) is 17.7. The number of methoxy groups -OCH3 is 2. The van der Waals surface area contributed by atoms with Crippen molar-refractivity contribution in [3.63, 3.8) is 0 Å². The van der Waals surface area contributed by atoms with Crippen LogP contribution in [0.3, 0.4) is 0 Å². The van der Waals surface area contributed by atoms with E-state index in [4.69, 9.17) is 9.47 Å². The fourth-order valence-corrected chi connectivity index (χ4v) is 5.13. The SMILES string of the molecule is COCC(=O)N1CC2(CCN(C(C)=O)CC2)c2c([nH]c3cc(OC)ccc23)[C@H]1CO. The summed E-state index contributed by atoms with van der Waals surface area (Å²) in [7, 11) is 3.13. The Morgan fingerprint density at radius 1 is 1.27 bits per heavy atom. The molecule has 0 saturated carbocycles. The Kier molecular flexibility index (Phi) is 5.46. The monoisotopic (exact) mass is 415 g/mol. The number of fused-ring (bicyclic) bond motifs is 4. The maximum absolute atomic E-state index is 12.9. The molecule has 0 bridgehead atoms. The van der Waals surface area contributed by atoms with Crippen molar-refractivity contribution in [3.05, 3.63) is 29.5 Å². The zero-order chi connectivity index (χ0) is 21.5. The van der Waals surface area contributed by atoms with Gasteiger partial charge in [-0.2, -0.15) is 0 Å². The smallest absolute Gasteiger partial charge is 0.249 e. The van der Waals surface area contributed by atoms with Crippen molar-refractivity contribution in [2.75, 3.05) is 47.1 Å². The Morgan fingerprint density at radius 2 is 2.00 bits per heavy atom. The molecule has 2 aliphatic heterocycles. The summed E-state index contributed by atoms with van der Waals surface area (Å²) in [6.07, 6.45) is 1.51. The van der Waals surface area contributed by atoms with E-state index in [1.807, 2.05) is 23.1 Å². The molecular weight excluding hydrogens is 386 g/mol. The Morgan fingerprint density at radius 3 is 2.60 bits per heavy atom. The van der Waals surface area contributed by atoms with Crippen molar-refractivity contribution in [3.8, 4) is 5.75 Å². The summed E-state index contributed by atoms with van der Waals surface area (Å²) in [6.45, 7) is 3.18. The summed E-state index contributed by atoms with van der Waals surface area (Å²) in [5.74, 6) is 0.673. The van der Waals surface area contributed by atoms with Crippen LogP contribution < -0.4 is 4.74 Å². The van der Waals surface area contributed by atoms with Gasteiger partial charge in [0.05, 0.1) is 19.8 Å². The van der Waals surface area contributed by atoms with Gasteiger partial charge in [-0.25, -0.2) is 0 Å². The van der Waals surface area contributed by atoms with Crippen LogP contribution in [0.4, 0.5) is 0 Å². The van der Waals surface area contributed by atoms with Crippen LogP contribution in [0, 0.1) is 0 Å². The number of hydrogen-bond donors (Lipinski definition) is 2. The average Bonchev–Trinajstić information content (AvgIpc) is 3.13. The van der Waals surface area contributed by atoms with E-state index in [1.54, 1.807) is 18.9 Å². The molecule has 30 heavy (non-hydrogen) atoms. The summed E-state index contributed by atoms with van der Waals surface area (Å²) < 4.78 is 10.5. The normalized spacial score (nSPS) is 20.5. The van der Waals surface area contributed by atoms with Gasteiger partial charge in [-0.1, -0.05) is 0 Å². The zero-order valence-corrected chi connectivity index (χ0v) is 17.7. The van der Waals surface area contributed by atoms with Crippen molar-refractivity contribution in [1.82, 2.24) is 14.8 Å². The number of aromatic amines is 1. The van der Waals surface area contributed by atoms with Gasteiger partial charge in [0, 0.05) is 61.7 Å². The van der Waals surface area contributed by atoms with Crippen molar-refractivity contribution in [1.29, 1.82) is 0 Å². The molecule has 2 aliphatic rings. The first-order valence-electron chi connectivity index (χ1n) is 10.3. The lowest BCUT2D eigenvalue weighted by Gasteiger charge is -2.50. The molecule has 1 atom stereocenters. The van der Waals surface area contributed by atoms with Crippen LogP contribution >= 0.6 is 0 Å². The van der Waals surface area contributed by atoms with Crippen LogP contribution in [0.25, 0.3) is 10.9 Å². The molecule has 0 aliphatic carbocycles. The van der Waals surface area contributed by atoms with E-state index in [2.05, 4.69) is 4.98 Å². The van der Waals surface area contributed by atoms with Gasteiger partial charge in [0.25, 0.3) is 0 Å². The van der Waals surface area contributed by atoms with Crippen molar-refractivity contribution in [2.24, 2.45) is 0 Å². The Labute approximate surface area is 175 Å². The summed E-state index contributed by atoms with van der Waals surface area (Å²) in [5.41, 5.74) is 2.66. The van der Waals surface area contributed by atoms with E-state index in [0.717, 1.165) is 40.8 Å². The van der Waals surface area contributed by atoms with Crippen LogP contribution in [-0.2, 0) is 19.7 Å². The molecule has 1 fully saturated rings. The molecule has 0 radical (unpaired) electrons. The molecule has 8 nitrogen and oxygen atoms in total. The lowest BCUT2D eigenvalue weighted by molar-refractivity contribution is -0.142. The summed E-state index contributed by atoms with van der Waals surface area (Å²) in [4.78, 5) is 31.8. The molecule has 162 valence electrons. The van der Waals surface area contributed by atoms with E-state index in [9.17, 15) is 14.7 Å². The molecular formula is C22H29N3O5. The van der Waals surface area contributed by atoms with Crippen LogP contribution in [0.15, 0.2) is 18.2 Å². The predicted molar refractivity (Wildman–Crippen MR) is 111 cm³/mol. The second-order valence-electron chi connectivity index (χ2n) is 8.26. The highest BCUT2D eigenvalue weighted by Gasteiger charge is 2.48. The lowest BCUT2D eigenvalue weighted by Crippen LogP contribution is -2.56. The molecule has 4 rings (SSSR count). The van der Waals surface area contributed by atoms with Crippen LogP contribution in [0.2, 0.25) is 0 Å². The van der Waals surface area contributed by atoms with Crippen LogP contribution in [-0.4, -0.2) is 78.8 Å². The molecule has 2 aromatic rings. The molecule has 0 unspecified atom stereocenters. The van der Waals surface area contributed by atoms with E-state index in [0.29, 0.717) is 19.6 Å². The number of ether oxygens (including phenoxy) is 2. The first-order chi connectivity index (χ1) is 14.4. The van der Waals surface area contributed by atoms with Gasteiger partial charge in [0.1, 0.15) is 12.4 Å². The Balaban J connectivity index is 1.86. The van der Waals surface area contributed by atoms with Crippen LogP contribution in [0.5, 0.6) is 5.75 Å². The van der Waals surface area contributed by atoms with Crippen LogP contribution in [0.1, 0.15) is 37.1 Å². The number of nitrogens with one attached hydrogen (secondary N) is 1. The van der Waals surface area contributed by atoms with Gasteiger partial charge in [0.15, 0.2) is 0 Å². The highest BCUT2D eigenvalue weighted by atomic mass is 16.5. The minimum absolute atomic E-state index is 0.0322. The summed E-state index contributed by atoms with van der Waals surface area (Å²) in [5, 5.41) is 11.3. The number of aromatic nitrogens is 1. The molecule has 1 aromatic carbocycles. The number of benzene rings is 1. The number of aliphatic hydroxyl groups excluding tert-OH is 1. The summed E-state index contributed by atoms with van der Waals surface area (Å²) >= 11 is 0. The van der Waals surface area contributed by atoms with E-state index < -0.39 is 6.04 Å². The van der Waals surface area contributed by atoms with Crippen molar-refractivity contribution in [2.45, 2.75) is 31.2 Å². The van der Waals surface area contributed by atoms with Gasteiger partial charge in [-0.05, 0) is 30.5 Å². The quantitative estimate of drug-likeness (QED) is 0.791. The van der Waals surface area contributed by atoms with Crippen molar-refractivity contribution < 1.29 is 24.2 Å². The molecule has 2 N–H and O–H groups in total. The number of H-pyrrole nitrogens is 1. The predicted octanol–water partition coefficient (Wildman–Crippen LogP) is 1.58. The topological polar surface area (TPSA) is 95.1 Å². The third-order valence-electron chi connectivity index (χ3n) is 6.67. The van der Waals surface area contributed by atoms with Gasteiger partial charge in [0.2, 0.25) is 11.8 Å². The Bertz CT molecular complexity index is 961. The third kappa shape index (κ3) is 3.24. The number of rotatable bonds is 4. The van der Waals surface area contributed by atoms with E-state index >= 15 is 0 Å². The number of amides is 2. The molecule has 2 amide bonds. The first kappa shape index (κ1) is 20.7. The number of hydrogen-bond acceptors (Lipinski definition) is 5. The van der Waals surface area contributed by atoms with Gasteiger partial charge < -0.3 is 29.4 Å². The first-order valence-corrected chi connectivity index (χ1v) is 10.3. The maximum atomic E-state index is 12.9. The average molecular weight is 415 g/mol. The molecule has 1 spiro atoms. The number of carbonyl (C=O) groups is 2.